The molecular weight excluding hydrogens is 176 g/mol. The lowest BCUT2D eigenvalue weighted by Crippen LogP contribution is -2.30. The summed E-state index contributed by atoms with van der Waals surface area (Å²) in [5, 5.41) is 8.69. The number of halogens is 2. The smallest absolute Gasteiger partial charge is 0.252 e. The van der Waals surface area contributed by atoms with Crippen molar-refractivity contribution in [1.29, 1.82) is 0 Å². The second-order valence-corrected chi connectivity index (χ2v) is 4.15. The van der Waals surface area contributed by atoms with Crippen molar-refractivity contribution in [2.75, 3.05) is 26.2 Å². The first kappa shape index (κ1) is 9.34. The number of alkyl halides is 2. The maximum Gasteiger partial charge on any atom is 0.252 e. The van der Waals surface area contributed by atoms with Gasteiger partial charge in [-0.25, -0.2) is 8.78 Å². The molecule has 2 fully saturated rings. The first-order valence-electron chi connectivity index (χ1n) is 4.84. The number of aliphatic hydroxyl groups excluding tert-OH is 1. The summed E-state index contributed by atoms with van der Waals surface area (Å²) in [6.07, 6.45) is 0.717. The Morgan fingerprint density at radius 2 is 2.15 bits per heavy atom. The van der Waals surface area contributed by atoms with Crippen molar-refractivity contribution in [2.24, 2.45) is 11.8 Å². The Labute approximate surface area is 76.5 Å². The summed E-state index contributed by atoms with van der Waals surface area (Å²) in [6, 6.07) is 0. The minimum Gasteiger partial charge on any atom is -0.395 e. The molecule has 1 saturated heterocycles. The van der Waals surface area contributed by atoms with Crippen LogP contribution in [0.2, 0.25) is 0 Å². The zero-order valence-corrected chi connectivity index (χ0v) is 7.55. The quantitative estimate of drug-likeness (QED) is 0.702. The topological polar surface area (TPSA) is 23.5 Å². The average molecular weight is 191 g/mol. The van der Waals surface area contributed by atoms with Gasteiger partial charge >= 0.3 is 0 Å². The molecule has 1 aliphatic carbocycles. The first-order chi connectivity index (χ1) is 6.13. The van der Waals surface area contributed by atoms with Crippen molar-refractivity contribution in [3.63, 3.8) is 0 Å². The molecule has 1 saturated carbocycles. The van der Waals surface area contributed by atoms with Crippen LogP contribution in [0.1, 0.15) is 12.8 Å². The van der Waals surface area contributed by atoms with Gasteiger partial charge in [0.05, 0.1) is 6.61 Å². The van der Waals surface area contributed by atoms with E-state index in [1.807, 2.05) is 4.90 Å². The van der Waals surface area contributed by atoms with E-state index < -0.39 is 11.8 Å². The minimum atomic E-state index is -2.45. The van der Waals surface area contributed by atoms with Crippen molar-refractivity contribution in [3.05, 3.63) is 0 Å². The summed E-state index contributed by atoms with van der Waals surface area (Å²) in [5.41, 5.74) is 0. The fourth-order valence-corrected chi connectivity index (χ4v) is 2.62. The molecule has 2 atom stereocenters. The van der Waals surface area contributed by atoms with Crippen LogP contribution in [0.4, 0.5) is 8.78 Å². The molecule has 0 amide bonds. The highest BCUT2D eigenvalue weighted by Crippen LogP contribution is 2.47. The monoisotopic (exact) mass is 191 g/mol. The zero-order chi connectivity index (χ0) is 9.47. The van der Waals surface area contributed by atoms with Crippen molar-refractivity contribution in [3.8, 4) is 0 Å². The molecule has 2 aliphatic rings. The van der Waals surface area contributed by atoms with E-state index in [2.05, 4.69) is 0 Å². The van der Waals surface area contributed by atoms with Gasteiger partial charge < -0.3 is 10.0 Å². The third-order valence-corrected chi connectivity index (χ3v) is 3.32. The molecule has 0 aromatic heterocycles. The van der Waals surface area contributed by atoms with Crippen LogP contribution in [0.15, 0.2) is 0 Å². The molecule has 2 nitrogen and oxygen atoms in total. The lowest BCUT2D eigenvalue weighted by atomic mass is 9.99. The number of hydrogen-bond donors (Lipinski definition) is 1. The summed E-state index contributed by atoms with van der Waals surface area (Å²) < 4.78 is 26.4. The fourth-order valence-electron chi connectivity index (χ4n) is 2.62. The van der Waals surface area contributed by atoms with Gasteiger partial charge in [0.25, 0.3) is 5.92 Å². The van der Waals surface area contributed by atoms with Gasteiger partial charge in [0.1, 0.15) is 0 Å². The number of rotatable bonds is 2. The molecule has 1 aliphatic heterocycles. The normalized spacial score (nSPS) is 38.1. The zero-order valence-electron chi connectivity index (χ0n) is 7.55. The molecular formula is C9H15F2NO. The molecule has 2 unspecified atom stereocenters. The van der Waals surface area contributed by atoms with Crippen LogP contribution in [-0.4, -0.2) is 42.2 Å². The number of fused-ring (bicyclic) bond motifs is 1. The second-order valence-electron chi connectivity index (χ2n) is 4.15. The van der Waals surface area contributed by atoms with Gasteiger partial charge in [-0.15, -0.1) is 0 Å². The van der Waals surface area contributed by atoms with Gasteiger partial charge in [0.2, 0.25) is 0 Å². The standard InChI is InChI=1S/C9H15F2NO/c10-9(11)2-1-7-5-12(3-4-13)6-8(7)9/h7-8,13H,1-6H2. The van der Waals surface area contributed by atoms with Gasteiger partial charge in [-0.1, -0.05) is 0 Å². The van der Waals surface area contributed by atoms with Gasteiger partial charge in [-0.2, -0.15) is 0 Å². The summed E-state index contributed by atoms with van der Waals surface area (Å²) in [4.78, 5) is 1.95. The van der Waals surface area contributed by atoms with Gasteiger partial charge in [0.15, 0.2) is 0 Å². The number of aliphatic hydroxyl groups is 1. The van der Waals surface area contributed by atoms with Crippen LogP contribution in [0, 0.1) is 11.8 Å². The van der Waals surface area contributed by atoms with Crippen LogP contribution < -0.4 is 0 Å². The van der Waals surface area contributed by atoms with Crippen molar-refractivity contribution >= 4 is 0 Å². The van der Waals surface area contributed by atoms with Crippen molar-refractivity contribution < 1.29 is 13.9 Å². The Morgan fingerprint density at radius 1 is 1.38 bits per heavy atom. The van der Waals surface area contributed by atoms with E-state index in [9.17, 15) is 8.78 Å². The van der Waals surface area contributed by atoms with Crippen molar-refractivity contribution in [2.45, 2.75) is 18.8 Å². The van der Waals surface area contributed by atoms with Crippen LogP contribution in [-0.2, 0) is 0 Å². The molecule has 4 heteroatoms. The Bertz CT molecular complexity index is 198. The Kier molecular flexibility index (Phi) is 2.28. The third kappa shape index (κ3) is 1.57. The van der Waals surface area contributed by atoms with E-state index in [1.165, 1.54) is 0 Å². The van der Waals surface area contributed by atoms with E-state index in [0.717, 1.165) is 6.54 Å². The van der Waals surface area contributed by atoms with Crippen LogP contribution in [0.25, 0.3) is 0 Å². The first-order valence-corrected chi connectivity index (χ1v) is 4.84. The third-order valence-electron chi connectivity index (χ3n) is 3.32. The predicted octanol–water partition coefficient (Wildman–Crippen LogP) is 0.956. The number of nitrogens with zero attached hydrogens (tertiary/aromatic N) is 1. The average Bonchev–Trinajstić information content (AvgIpc) is 2.55. The largest absolute Gasteiger partial charge is 0.395 e. The molecule has 0 radical (unpaired) electrons. The van der Waals surface area contributed by atoms with E-state index in [-0.39, 0.29) is 18.9 Å². The number of hydrogen-bond acceptors (Lipinski definition) is 2. The summed E-state index contributed by atoms with van der Waals surface area (Å²) in [5.74, 6) is -2.73. The summed E-state index contributed by atoms with van der Waals surface area (Å²) >= 11 is 0. The van der Waals surface area contributed by atoms with Gasteiger partial charge in [-0.3, -0.25) is 0 Å². The minimum absolute atomic E-state index is 0.0648. The Morgan fingerprint density at radius 3 is 2.77 bits per heavy atom. The van der Waals surface area contributed by atoms with Crippen molar-refractivity contribution in [1.82, 2.24) is 4.90 Å². The Hall–Kier alpha value is -0.220. The summed E-state index contributed by atoms with van der Waals surface area (Å²) in [7, 11) is 0. The Balaban J connectivity index is 1.98. The SMILES string of the molecule is OCCN1CC2CCC(F)(F)C2C1. The fraction of sp³-hybridized carbons (Fsp3) is 1.00. The number of likely N-dealkylation sites (tertiary alicyclic amines) is 1. The molecule has 1 N–H and O–H groups in total. The number of β-amino-alcohol motifs (C(OH)–C–C–N with tert-alkyl or cyclic N) is 1. The molecule has 0 spiro atoms. The molecule has 1 heterocycles. The van der Waals surface area contributed by atoms with Gasteiger partial charge in [-0.05, 0) is 12.3 Å². The van der Waals surface area contributed by atoms with Crippen LogP contribution >= 0.6 is 0 Å². The highest BCUT2D eigenvalue weighted by molar-refractivity contribution is 4.97. The maximum atomic E-state index is 13.2. The lowest BCUT2D eigenvalue weighted by molar-refractivity contribution is -0.0401. The highest BCUT2D eigenvalue weighted by Gasteiger charge is 2.53. The van der Waals surface area contributed by atoms with E-state index in [4.69, 9.17) is 5.11 Å². The molecule has 2 rings (SSSR count). The molecule has 0 aromatic carbocycles. The predicted molar refractivity (Wildman–Crippen MR) is 44.7 cm³/mol. The summed E-state index contributed by atoms with van der Waals surface area (Å²) in [6.45, 7) is 1.84. The second kappa shape index (κ2) is 3.17. The van der Waals surface area contributed by atoms with Gasteiger partial charge in [0, 0.05) is 32.0 Å². The maximum absolute atomic E-state index is 13.2. The molecule has 0 bridgehead atoms. The van der Waals surface area contributed by atoms with E-state index >= 15 is 0 Å². The molecule has 76 valence electrons. The lowest BCUT2D eigenvalue weighted by Gasteiger charge is -2.19. The molecule has 13 heavy (non-hydrogen) atoms. The molecule has 0 aromatic rings. The van der Waals surface area contributed by atoms with Crippen LogP contribution in [0.3, 0.4) is 0 Å². The van der Waals surface area contributed by atoms with Crippen LogP contribution in [0.5, 0.6) is 0 Å². The van der Waals surface area contributed by atoms with E-state index in [0.29, 0.717) is 19.5 Å². The van der Waals surface area contributed by atoms with E-state index in [1.54, 1.807) is 0 Å². The highest BCUT2D eigenvalue weighted by atomic mass is 19.3.